The second-order valence-corrected chi connectivity index (χ2v) is 7.51. The van der Waals surface area contributed by atoms with Gasteiger partial charge in [0.05, 0.1) is 0 Å². The van der Waals surface area contributed by atoms with Crippen LogP contribution in [0.3, 0.4) is 0 Å². The lowest BCUT2D eigenvalue weighted by Gasteiger charge is -2.34. The van der Waals surface area contributed by atoms with Crippen molar-refractivity contribution in [1.29, 1.82) is 0 Å². The first-order valence-electron chi connectivity index (χ1n) is 9.99. The number of rotatable bonds is 12. The van der Waals surface area contributed by atoms with Gasteiger partial charge in [0.25, 0.3) is 0 Å². The van der Waals surface area contributed by atoms with Crippen molar-refractivity contribution in [2.24, 2.45) is 11.8 Å². The zero-order valence-electron chi connectivity index (χ0n) is 15.1. The van der Waals surface area contributed by atoms with Crippen molar-refractivity contribution in [2.45, 2.75) is 110 Å². The molecule has 0 amide bonds. The van der Waals surface area contributed by atoms with E-state index in [1.807, 2.05) is 0 Å². The Hall–Kier alpha value is -0.0400. The molecule has 3 atom stereocenters. The summed E-state index contributed by atoms with van der Waals surface area (Å²) in [7, 11) is 0. The first kappa shape index (κ1) is 19.0. The van der Waals surface area contributed by atoms with E-state index >= 15 is 0 Å². The molecule has 0 aromatic carbocycles. The highest BCUT2D eigenvalue weighted by Gasteiger charge is 2.26. The summed E-state index contributed by atoms with van der Waals surface area (Å²) in [5.74, 6) is 1.80. The van der Waals surface area contributed by atoms with Crippen molar-refractivity contribution < 1.29 is 0 Å². The van der Waals surface area contributed by atoms with Crippen LogP contribution in [-0.2, 0) is 0 Å². The number of nitrogens with one attached hydrogen (secondary N) is 1. The van der Waals surface area contributed by atoms with E-state index in [4.69, 9.17) is 0 Å². The Bertz CT molecular complexity index is 226. The number of hydrogen-bond acceptors (Lipinski definition) is 1. The van der Waals surface area contributed by atoms with Crippen LogP contribution in [-0.4, -0.2) is 12.6 Å². The molecule has 0 aromatic rings. The van der Waals surface area contributed by atoms with E-state index in [9.17, 15) is 0 Å². The predicted octanol–water partition coefficient (Wildman–Crippen LogP) is 6.32. The quantitative estimate of drug-likeness (QED) is 0.415. The topological polar surface area (TPSA) is 12.0 Å². The molecule has 1 heteroatoms. The van der Waals surface area contributed by atoms with Gasteiger partial charge in [0, 0.05) is 6.04 Å². The van der Waals surface area contributed by atoms with Gasteiger partial charge in [0.15, 0.2) is 0 Å². The second-order valence-electron chi connectivity index (χ2n) is 7.51. The van der Waals surface area contributed by atoms with Crippen LogP contribution in [0, 0.1) is 11.8 Å². The van der Waals surface area contributed by atoms with E-state index in [1.54, 1.807) is 0 Å². The van der Waals surface area contributed by atoms with Gasteiger partial charge in [-0.15, -0.1) is 0 Å². The minimum absolute atomic E-state index is 0.798. The van der Waals surface area contributed by atoms with E-state index in [-0.39, 0.29) is 0 Å². The summed E-state index contributed by atoms with van der Waals surface area (Å²) in [6.45, 7) is 8.42. The SMILES string of the molecule is CCCCCCCCCCCCNC1CCCC(C)C1C. The summed E-state index contributed by atoms with van der Waals surface area (Å²) in [6.07, 6.45) is 18.7. The van der Waals surface area contributed by atoms with Gasteiger partial charge in [-0.3, -0.25) is 0 Å². The smallest absolute Gasteiger partial charge is 0.00952 e. The summed E-state index contributed by atoms with van der Waals surface area (Å²) in [6, 6.07) is 0.798. The molecule has 1 rings (SSSR count). The van der Waals surface area contributed by atoms with E-state index in [1.165, 1.54) is 90.0 Å². The molecule has 1 aliphatic carbocycles. The summed E-state index contributed by atoms with van der Waals surface area (Å²) >= 11 is 0. The molecule has 21 heavy (non-hydrogen) atoms. The third-order valence-corrected chi connectivity index (χ3v) is 5.64. The fourth-order valence-electron chi connectivity index (χ4n) is 3.77. The molecule has 0 aromatic heterocycles. The maximum absolute atomic E-state index is 3.83. The molecule has 126 valence electrons. The number of unbranched alkanes of at least 4 members (excludes halogenated alkanes) is 9. The van der Waals surface area contributed by atoms with E-state index in [0.29, 0.717) is 0 Å². The second kappa shape index (κ2) is 12.5. The summed E-state index contributed by atoms with van der Waals surface area (Å²) < 4.78 is 0. The standard InChI is InChI=1S/C20H41N/c1-4-5-6-7-8-9-10-11-12-13-17-21-20-16-14-15-18(2)19(20)3/h18-21H,4-17H2,1-3H3. The van der Waals surface area contributed by atoms with Gasteiger partial charge >= 0.3 is 0 Å². The van der Waals surface area contributed by atoms with Gasteiger partial charge < -0.3 is 5.32 Å². The van der Waals surface area contributed by atoms with Gasteiger partial charge in [0.1, 0.15) is 0 Å². The minimum atomic E-state index is 0.798. The fraction of sp³-hybridized carbons (Fsp3) is 1.00. The zero-order valence-corrected chi connectivity index (χ0v) is 15.1. The van der Waals surface area contributed by atoms with Gasteiger partial charge in [-0.25, -0.2) is 0 Å². The molecule has 1 saturated carbocycles. The molecule has 1 aliphatic rings. The lowest BCUT2D eigenvalue weighted by Crippen LogP contribution is -2.40. The van der Waals surface area contributed by atoms with Crippen molar-refractivity contribution >= 4 is 0 Å². The fourth-order valence-corrected chi connectivity index (χ4v) is 3.77. The van der Waals surface area contributed by atoms with Crippen molar-refractivity contribution in [3.63, 3.8) is 0 Å². The molecule has 0 saturated heterocycles. The highest BCUT2D eigenvalue weighted by atomic mass is 14.9. The van der Waals surface area contributed by atoms with Crippen LogP contribution in [0.4, 0.5) is 0 Å². The Morgan fingerprint density at radius 2 is 1.33 bits per heavy atom. The predicted molar refractivity (Wildman–Crippen MR) is 95.8 cm³/mol. The molecule has 0 bridgehead atoms. The molecule has 1 fully saturated rings. The lowest BCUT2D eigenvalue weighted by molar-refractivity contribution is 0.206. The normalized spacial score (nSPS) is 26.1. The Kier molecular flexibility index (Phi) is 11.3. The molecule has 0 heterocycles. The van der Waals surface area contributed by atoms with Crippen molar-refractivity contribution in [3.8, 4) is 0 Å². The lowest BCUT2D eigenvalue weighted by atomic mass is 9.78. The van der Waals surface area contributed by atoms with Gasteiger partial charge in [-0.2, -0.15) is 0 Å². The van der Waals surface area contributed by atoms with Crippen molar-refractivity contribution in [2.75, 3.05) is 6.54 Å². The molecule has 1 nitrogen and oxygen atoms in total. The Morgan fingerprint density at radius 1 is 0.762 bits per heavy atom. The molecular weight excluding hydrogens is 254 g/mol. The van der Waals surface area contributed by atoms with E-state index in [2.05, 4.69) is 26.1 Å². The van der Waals surface area contributed by atoms with Crippen LogP contribution in [0.15, 0.2) is 0 Å². The maximum atomic E-state index is 3.83. The van der Waals surface area contributed by atoms with Crippen molar-refractivity contribution in [3.05, 3.63) is 0 Å². The van der Waals surface area contributed by atoms with Crippen LogP contribution in [0.5, 0.6) is 0 Å². The Balaban J connectivity index is 1.84. The van der Waals surface area contributed by atoms with E-state index in [0.717, 1.165) is 17.9 Å². The summed E-state index contributed by atoms with van der Waals surface area (Å²) in [5, 5.41) is 3.83. The molecule has 0 spiro atoms. The van der Waals surface area contributed by atoms with Crippen LogP contribution < -0.4 is 5.32 Å². The molecule has 1 N–H and O–H groups in total. The Morgan fingerprint density at radius 3 is 1.95 bits per heavy atom. The van der Waals surface area contributed by atoms with Gasteiger partial charge in [0.2, 0.25) is 0 Å². The van der Waals surface area contributed by atoms with Gasteiger partial charge in [-0.05, 0) is 31.2 Å². The molecular formula is C20H41N. The first-order chi connectivity index (χ1) is 10.3. The molecule has 0 aliphatic heterocycles. The molecule has 3 unspecified atom stereocenters. The zero-order chi connectivity index (χ0) is 15.3. The Labute approximate surface area is 134 Å². The average molecular weight is 296 g/mol. The van der Waals surface area contributed by atoms with Crippen LogP contribution in [0.2, 0.25) is 0 Å². The average Bonchev–Trinajstić information content (AvgIpc) is 2.49. The highest BCUT2D eigenvalue weighted by molar-refractivity contribution is 4.81. The third-order valence-electron chi connectivity index (χ3n) is 5.64. The van der Waals surface area contributed by atoms with Crippen LogP contribution >= 0.6 is 0 Å². The van der Waals surface area contributed by atoms with E-state index < -0.39 is 0 Å². The van der Waals surface area contributed by atoms with Gasteiger partial charge in [-0.1, -0.05) is 91.4 Å². The van der Waals surface area contributed by atoms with Crippen LogP contribution in [0.1, 0.15) is 104 Å². The largest absolute Gasteiger partial charge is 0.314 e. The summed E-state index contributed by atoms with van der Waals surface area (Å²) in [5.41, 5.74) is 0. The maximum Gasteiger partial charge on any atom is 0.00952 e. The van der Waals surface area contributed by atoms with Crippen LogP contribution in [0.25, 0.3) is 0 Å². The third kappa shape index (κ3) is 8.86. The highest BCUT2D eigenvalue weighted by Crippen LogP contribution is 2.29. The monoisotopic (exact) mass is 295 g/mol. The first-order valence-corrected chi connectivity index (χ1v) is 9.99. The molecule has 0 radical (unpaired) electrons. The minimum Gasteiger partial charge on any atom is -0.314 e. The summed E-state index contributed by atoms with van der Waals surface area (Å²) in [4.78, 5) is 0. The van der Waals surface area contributed by atoms with Crippen molar-refractivity contribution in [1.82, 2.24) is 5.32 Å². The number of hydrogen-bond donors (Lipinski definition) is 1.